The average molecular weight is 390 g/mol. The van der Waals surface area contributed by atoms with Crippen LogP contribution in [0.3, 0.4) is 0 Å². The summed E-state index contributed by atoms with van der Waals surface area (Å²) in [6.07, 6.45) is 3.12. The fraction of sp³-hybridized carbons (Fsp3) is 0.348. The molecule has 29 heavy (non-hydrogen) atoms. The number of rotatable bonds is 5. The standard InChI is InChI=1S/C22H22N4O2.CH4/c1-22(28,15-7-4-3-5-8-15)14-20(27)25-21-24-18-12-11-16(23-2)13-19(18)26(21)17-9-6-10-17;/h3-5,7-8,11-13,17,28H,6,9-10,14H2,1H3,(H,24,25,27);1H4. The molecule has 150 valence electrons. The Labute approximate surface area is 171 Å². The van der Waals surface area contributed by atoms with Crippen molar-refractivity contribution >= 4 is 28.6 Å². The first-order valence-electron chi connectivity index (χ1n) is 9.45. The SMILES string of the molecule is C.[C-]#[N+]c1ccc2nc(NC(=O)CC(C)(O)c3ccccc3)n(C3CCC3)c2c1. The molecule has 2 aromatic carbocycles. The number of aromatic nitrogens is 2. The molecule has 1 unspecified atom stereocenters. The second kappa shape index (κ2) is 8.06. The van der Waals surface area contributed by atoms with Crippen molar-refractivity contribution in [3.05, 3.63) is 65.5 Å². The number of nitrogens with one attached hydrogen (secondary N) is 1. The van der Waals surface area contributed by atoms with Crippen LogP contribution in [-0.4, -0.2) is 20.6 Å². The number of aliphatic hydroxyl groups is 1. The minimum absolute atomic E-state index is 0. The normalized spacial score (nSPS) is 15.6. The summed E-state index contributed by atoms with van der Waals surface area (Å²) in [7, 11) is 0. The van der Waals surface area contributed by atoms with Crippen LogP contribution >= 0.6 is 0 Å². The first-order valence-corrected chi connectivity index (χ1v) is 9.45. The summed E-state index contributed by atoms with van der Waals surface area (Å²) in [5.74, 6) is 0.186. The van der Waals surface area contributed by atoms with Gasteiger partial charge in [-0.1, -0.05) is 43.8 Å². The van der Waals surface area contributed by atoms with Gasteiger partial charge in [-0.3, -0.25) is 10.1 Å². The van der Waals surface area contributed by atoms with Crippen LogP contribution in [0.15, 0.2) is 48.5 Å². The molecular formula is C23H26N4O2. The quantitative estimate of drug-likeness (QED) is 0.589. The van der Waals surface area contributed by atoms with Gasteiger partial charge in [0.05, 0.1) is 29.6 Å². The van der Waals surface area contributed by atoms with Crippen molar-refractivity contribution < 1.29 is 9.90 Å². The molecule has 1 aliphatic carbocycles. The number of benzene rings is 2. The summed E-state index contributed by atoms with van der Waals surface area (Å²) >= 11 is 0. The van der Waals surface area contributed by atoms with Gasteiger partial charge in [-0.2, -0.15) is 0 Å². The molecule has 6 nitrogen and oxygen atoms in total. The molecule has 1 fully saturated rings. The zero-order valence-electron chi connectivity index (χ0n) is 15.7. The van der Waals surface area contributed by atoms with Crippen molar-refractivity contribution in [3.8, 4) is 0 Å². The van der Waals surface area contributed by atoms with Gasteiger partial charge >= 0.3 is 0 Å². The molecule has 2 N–H and O–H groups in total. The highest BCUT2D eigenvalue weighted by molar-refractivity contribution is 5.92. The third-order valence-electron chi connectivity index (χ3n) is 5.39. The molecule has 1 atom stereocenters. The Morgan fingerprint density at radius 2 is 2.03 bits per heavy atom. The topological polar surface area (TPSA) is 71.5 Å². The van der Waals surface area contributed by atoms with Gasteiger partial charge in [0.15, 0.2) is 5.69 Å². The van der Waals surface area contributed by atoms with Crippen molar-refractivity contribution in [2.45, 2.75) is 51.7 Å². The maximum atomic E-state index is 12.7. The van der Waals surface area contributed by atoms with Gasteiger partial charge < -0.3 is 9.67 Å². The highest BCUT2D eigenvalue weighted by Crippen LogP contribution is 2.38. The molecule has 1 aromatic heterocycles. The molecule has 0 bridgehead atoms. The summed E-state index contributed by atoms with van der Waals surface area (Å²) in [5.41, 5.74) is 1.60. The van der Waals surface area contributed by atoms with Gasteiger partial charge in [0, 0.05) is 6.04 Å². The van der Waals surface area contributed by atoms with E-state index in [1.165, 1.54) is 0 Å². The highest BCUT2D eigenvalue weighted by atomic mass is 16.3. The number of carbonyl (C=O) groups is 1. The van der Waals surface area contributed by atoms with E-state index in [-0.39, 0.29) is 25.8 Å². The van der Waals surface area contributed by atoms with Crippen LogP contribution in [-0.2, 0) is 10.4 Å². The Hall–Kier alpha value is -3.17. The molecule has 0 spiro atoms. The number of imidazole rings is 1. The molecule has 0 radical (unpaired) electrons. The highest BCUT2D eigenvalue weighted by Gasteiger charge is 2.29. The lowest BCUT2D eigenvalue weighted by Gasteiger charge is -2.29. The fourth-order valence-electron chi connectivity index (χ4n) is 3.63. The van der Waals surface area contributed by atoms with E-state index >= 15 is 0 Å². The van der Waals surface area contributed by atoms with Crippen LogP contribution in [0.4, 0.5) is 11.6 Å². The van der Waals surface area contributed by atoms with Crippen LogP contribution in [0.2, 0.25) is 0 Å². The van der Waals surface area contributed by atoms with Crippen molar-refractivity contribution in [3.63, 3.8) is 0 Å². The number of fused-ring (bicyclic) bond motifs is 1. The van der Waals surface area contributed by atoms with Crippen molar-refractivity contribution in [1.82, 2.24) is 9.55 Å². The van der Waals surface area contributed by atoms with Crippen LogP contribution in [0, 0.1) is 6.57 Å². The van der Waals surface area contributed by atoms with E-state index in [1.54, 1.807) is 13.0 Å². The van der Waals surface area contributed by atoms with Crippen molar-refractivity contribution in [2.75, 3.05) is 5.32 Å². The van der Waals surface area contributed by atoms with Crippen molar-refractivity contribution in [1.29, 1.82) is 0 Å². The average Bonchev–Trinajstić information content (AvgIpc) is 2.97. The van der Waals surface area contributed by atoms with E-state index in [4.69, 9.17) is 6.57 Å². The number of amides is 1. The van der Waals surface area contributed by atoms with Gasteiger partial charge in [0.1, 0.15) is 0 Å². The van der Waals surface area contributed by atoms with Gasteiger partial charge in [0.2, 0.25) is 11.9 Å². The summed E-state index contributed by atoms with van der Waals surface area (Å²) in [5, 5.41) is 13.6. The summed E-state index contributed by atoms with van der Waals surface area (Å²) in [6, 6.07) is 14.8. The Bertz CT molecular complexity index is 1060. The van der Waals surface area contributed by atoms with Crippen LogP contribution in [0.5, 0.6) is 0 Å². The number of hydrogen-bond acceptors (Lipinski definition) is 3. The maximum Gasteiger partial charge on any atom is 0.229 e. The van der Waals surface area contributed by atoms with Crippen LogP contribution < -0.4 is 5.32 Å². The summed E-state index contributed by atoms with van der Waals surface area (Å²) in [4.78, 5) is 20.8. The number of hydrogen-bond donors (Lipinski definition) is 2. The third-order valence-corrected chi connectivity index (χ3v) is 5.39. The maximum absolute atomic E-state index is 12.7. The Balaban J connectivity index is 0.00000240. The molecule has 1 aliphatic rings. The number of carbonyl (C=O) groups excluding carboxylic acids is 1. The second-order valence-corrected chi connectivity index (χ2v) is 7.54. The van der Waals surface area contributed by atoms with E-state index < -0.39 is 5.60 Å². The largest absolute Gasteiger partial charge is 0.385 e. The lowest BCUT2D eigenvalue weighted by atomic mass is 9.92. The minimum Gasteiger partial charge on any atom is -0.385 e. The second-order valence-electron chi connectivity index (χ2n) is 7.54. The molecule has 1 saturated carbocycles. The van der Waals surface area contributed by atoms with Gasteiger partial charge in [0.25, 0.3) is 0 Å². The zero-order valence-corrected chi connectivity index (χ0v) is 15.7. The van der Waals surface area contributed by atoms with Gasteiger partial charge in [-0.05, 0) is 43.9 Å². The Morgan fingerprint density at radius 3 is 2.66 bits per heavy atom. The predicted octanol–water partition coefficient (Wildman–Crippen LogP) is 5.18. The smallest absolute Gasteiger partial charge is 0.229 e. The summed E-state index contributed by atoms with van der Waals surface area (Å²) in [6.45, 7) is 8.89. The summed E-state index contributed by atoms with van der Waals surface area (Å²) < 4.78 is 2.03. The molecule has 1 heterocycles. The fourth-order valence-corrected chi connectivity index (χ4v) is 3.63. The predicted molar refractivity (Wildman–Crippen MR) is 115 cm³/mol. The molecule has 4 rings (SSSR count). The van der Waals surface area contributed by atoms with Crippen LogP contribution in [0.25, 0.3) is 15.9 Å². The molecule has 6 heteroatoms. The lowest BCUT2D eigenvalue weighted by Crippen LogP contribution is -2.30. The molecule has 3 aromatic rings. The molecule has 0 saturated heterocycles. The van der Waals surface area contributed by atoms with E-state index in [0.29, 0.717) is 17.2 Å². The first-order chi connectivity index (χ1) is 13.5. The van der Waals surface area contributed by atoms with Crippen LogP contribution in [0.1, 0.15) is 51.6 Å². The van der Waals surface area contributed by atoms with E-state index in [0.717, 1.165) is 30.3 Å². The molecular weight excluding hydrogens is 364 g/mol. The van der Waals surface area contributed by atoms with E-state index in [9.17, 15) is 9.90 Å². The number of anilines is 1. The Kier molecular flexibility index (Phi) is 5.71. The monoisotopic (exact) mass is 390 g/mol. The zero-order chi connectivity index (χ0) is 19.7. The Morgan fingerprint density at radius 1 is 1.31 bits per heavy atom. The van der Waals surface area contributed by atoms with Crippen molar-refractivity contribution in [2.24, 2.45) is 0 Å². The minimum atomic E-state index is -1.27. The van der Waals surface area contributed by atoms with Gasteiger partial charge in [-0.25, -0.2) is 9.83 Å². The van der Waals surface area contributed by atoms with Gasteiger partial charge in [-0.15, -0.1) is 0 Å². The molecule has 0 aliphatic heterocycles. The van der Waals surface area contributed by atoms with E-state index in [1.807, 2.05) is 47.0 Å². The van der Waals surface area contributed by atoms with E-state index in [2.05, 4.69) is 15.1 Å². The first kappa shape index (κ1) is 20.6. The third kappa shape index (κ3) is 4.01. The number of nitrogens with zero attached hydrogens (tertiary/aromatic N) is 3. The molecule has 1 amide bonds. The lowest BCUT2D eigenvalue weighted by molar-refractivity contribution is -0.120.